The Balaban J connectivity index is 2.17. The predicted octanol–water partition coefficient (Wildman–Crippen LogP) is 2.73. The third-order valence-corrected chi connectivity index (χ3v) is 3.00. The quantitative estimate of drug-likeness (QED) is 0.870. The molecule has 1 atom stereocenters. The Hall–Kier alpha value is -1.67. The highest BCUT2D eigenvalue weighted by Crippen LogP contribution is 2.17. The molecule has 0 aliphatic rings. The zero-order valence-electron chi connectivity index (χ0n) is 10.1. The molecule has 17 heavy (non-hydrogen) atoms. The molecule has 1 aromatic heterocycles. The lowest BCUT2D eigenvalue weighted by Crippen LogP contribution is -2.09. The molecule has 0 radical (unpaired) electrons. The van der Waals surface area contributed by atoms with Crippen molar-refractivity contribution in [1.82, 2.24) is 4.98 Å². The number of hydrogen-bond acceptors (Lipinski definition) is 2. The molecule has 0 saturated heterocycles. The monoisotopic (exact) mass is 226 g/mol. The molecule has 0 fully saturated rings. The lowest BCUT2D eigenvalue weighted by atomic mass is 9.97. The summed E-state index contributed by atoms with van der Waals surface area (Å²) in [5.41, 5.74) is 9.57. The maximum Gasteiger partial charge on any atom is 0.0303 e. The molecule has 0 spiro atoms. The van der Waals surface area contributed by atoms with Crippen molar-refractivity contribution in [3.63, 3.8) is 0 Å². The Morgan fingerprint density at radius 1 is 1.18 bits per heavy atom. The molecule has 0 saturated carbocycles. The zero-order chi connectivity index (χ0) is 12.1. The SMILES string of the molecule is CC(CN)c1cccc(Cc2cccnc2)c1. The summed E-state index contributed by atoms with van der Waals surface area (Å²) in [5.74, 6) is 0.420. The number of pyridine rings is 1. The molecule has 2 nitrogen and oxygen atoms in total. The van der Waals surface area contributed by atoms with Crippen molar-refractivity contribution >= 4 is 0 Å². The lowest BCUT2D eigenvalue weighted by Gasteiger charge is -2.10. The van der Waals surface area contributed by atoms with E-state index in [1.54, 1.807) is 6.20 Å². The first kappa shape index (κ1) is 11.8. The summed E-state index contributed by atoms with van der Waals surface area (Å²) in [5, 5.41) is 0. The fourth-order valence-electron chi connectivity index (χ4n) is 1.88. The molecule has 0 aliphatic heterocycles. The Bertz CT molecular complexity index is 465. The Kier molecular flexibility index (Phi) is 3.89. The van der Waals surface area contributed by atoms with Crippen LogP contribution in [-0.4, -0.2) is 11.5 Å². The Morgan fingerprint density at radius 3 is 2.71 bits per heavy atom. The van der Waals surface area contributed by atoms with E-state index in [1.165, 1.54) is 16.7 Å². The highest BCUT2D eigenvalue weighted by atomic mass is 14.6. The highest BCUT2D eigenvalue weighted by molar-refractivity contribution is 5.30. The molecule has 2 rings (SSSR count). The van der Waals surface area contributed by atoms with E-state index in [1.807, 2.05) is 12.3 Å². The summed E-state index contributed by atoms with van der Waals surface area (Å²) in [7, 11) is 0. The van der Waals surface area contributed by atoms with E-state index in [9.17, 15) is 0 Å². The van der Waals surface area contributed by atoms with Crippen molar-refractivity contribution in [2.75, 3.05) is 6.54 Å². The maximum atomic E-state index is 5.70. The van der Waals surface area contributed by atoms with Crippen molar-refractivity contribution < 1.29 is 0 Å². The molecule has 0 bridgehead atoms. The average molecular weight is 226 g/mol. The van der Waals surface area contributed by atoms with Crippen molar-refractivity contribution in [2.45, 2.75) is 19.3 Å². The van der Waals surface area contributed by atoms with Gasteiger partial charge in [0, 0.05) is 12.4 Å². The van der Waals surface area contributed by atoms with Crippen LogP contribution in [0.1, 0.15) is 29.5 Å². The molecule has 1 unspecified atom stereocenters. The van der Waals surface area contributed by atoms with Crippen molar-refractivity contribution in [3.05, 3.63) is 65.5 Å². The maximum absolute atomic E-state index is 5.70. The van der Waals surface area contributed by atoms with Gasteiger partial charge in [0.05, 0.1) is 0 Å². The van der Waals surface area contributed by atoms with Crippen LogP contribution in [0.15, 0.2) is 48.8 Å². The van der Waals surface area contributed by atoms with Gasteiger partial charge in [-0.1, -0.05) is 37.3 Å². The molecule has 2 aromatic rings. The van der Waals surface area contributed by atoms with E-state index >= 15 is 0 Å². The third-order valence-electron chi connectivity index (χ3n) is 3.00. The second-order valence-corrected chi connectivity index (χ2v) is 4.42. The predicted molar refractivity (Wildman–Crippen MR) is 71.0 cm³/mol. The van der Waals surface area contributed by atoms with Crippen LogP contribution < -0.4 is 5.73 Å². The van der Waals surface area contributed by atoms with Gasteiger partial charge in [0.25, 0.3) is 0 Å². The van der Waals surface area contributed by atoms with Gasteiger partial charge in [-0.15, -0.1) is 0 Å². The van der Waals surface area contributed by atoms with Crippen LogP contribution in [0.25, 0.3) is 0 Å². The van der Waals surface area contributed by atoms with Crippen molar-refractivity contribution in [1.29, 1.82) is 0 Å². The van der Waals surface area contributed by atoms with Gasteiger partial charge in [-0.2, -0.15) is 0 Å². The van der Waals surface area contributed by atoms with Crippen LogP contribution in [-0.2, 0) is 6.42 Å². The fraction of sp³-hybridized carbons (Fsp3) is 0.267. The van der Waals surface area contributed by atoms with Crippen molar-refractivity contribution in [2.24, 2.45) is 5.73 Å². The van der Waals surface area contributed by atoms with E-state index in [2.05, 4.69) is 42.2 Å². The molecule has 1 aromatic carbocycles. The van der Waals surface area contributed by atoms with Crippen LogP contribution in [0, 0.1) is 0 Å². The van der Waals surface area contributed by atoms with Crippen LogP contribution in [0.5, 0.6) is 0 Å². The van der Waals surface area contributed by atoms with Gasteiger partial charge >= 0.3 is 0 Å². The zero-order valence-corrected chi connectivity index (χ0v) is 10.1. The van der Waals surface area contributed by atoms with Crippen LogP contribution in [0.4, 0.5) is 0 Å². The minimum absolute atomic E-state index is 0.420. The van der Waals surface area contributed by atoms with Crippen LogP contribution in [0.2, 0.25) is 0 Å². The Labute approximate surface area is 103 Å². The van der Waals surface area contributed by atoms with Gasteiger partial charge in [-0.3, -0.25) is 4.98 Å². The van der Waals surface area contributed by atoms with Gasteiger partial charge in [0.15, 0.2) is 0 Å². The summed E-state index contributed by atoms with van der Waals surface area (Å²) < 4.78 is 0. The number of rotatable bonds is 4. The molecular weight excluding hydrogens is 208 g/mol. The molecule has 2 N–H and O–H groups in total. The fourth-order valence-corrected chi connectivity index (χ4v) is 1.88. The smallest absolute Gasteiger partial charge is 0.0303 e. The van der Waals surface area contributed by atoms with Crippen LogP contribution >= 0.6 is 0 Å². The van der Waals surface area contributed by atoms with E-state index in [-0.39, 0.29) is 0 Å². The molecule has 0 amide bonds. The molecular formula is C15H18N2. The van der Waals surface area contributed by atoms with Gasteiger partial charge < -0.3 is 5.73 Å². The van der Waals surface area contributed by atoms with E-state index in [0.29, 0.717) is 12.5 Å². The topological polar surface area (TPSA) is 38.9 Å². The normalized spacial score (nSPS) is 12.4. The molecule has 88 valence electrons. The third kappa shape index (κ3) is 3.14. The van der Waals surface area contributed by atoms with Gasteiger partial charge in [-0.25, -0.2) is 0 Å². The molecule has 1 heterocycles. The number of nitrogens with zero attached hydrogens (tertiary/aromatic N) is 1. The summed E-state index contributed by atoms with van der Waals surface area (Å²) in [6.07, 6.45) is 4.65. The van der Waals surface area contributed by atoms with E-state index < -0.39 is 0 Å². The number of nitrogens with two attached hydrogens (primary N) is 1. The summed E-state index contributed by atoms with van der Waals surface area (Å²) >= 11 is 0. The minimum Gasteiger partial charge on any atom is -0.330 e. The molecule has 2 heteroatoms. The largest absolute Gasteiger partial charge is 0.330 e. The second kappa shape index (κ2) is 5.60. The number of benzene rings is 1. The van der Waals surface area contributed by atoms with Gasteiger partial charge in [0.1, 0.15) is 0 Å². The Morgan fingerprint density at radius 2 is 2.00 bits per heavy atom. The van der Waals surface area contributed by atoms with Crippen LogP contribution in [0.3, 0.4) is 0 Å². The highest BCUT2D eigenvalue weighted by Gasteiger charge is 2.04. The first-order chi connectivity index (χ1) is 8.29. The lowest BCUT2D eigenvalue weighted by molar-refractivity contribution is 0.772. The number of hydrogen-bond donors (Lipinski definition) is 1. The van der Waals surface area contributed by atoms with Gasteiger partial charge in [-0.05, 0) is 41.6 Å². The summed E-state index contributed by atoms with van der Waals surface area (Å²) in [4.78, 5) is 4.13. The standard InChI is InChI=1S/C15H18N2/c1-12(10-16)15-6-2-4-13(9-15)8-14-5-3-7-17-11-14/h2-7,9,11-12H,8,10,16H2,1H3. The van der Waals surface area contributed by atoms with E-state index in [4.69, 9.17) is 5.73 Å². The van der Waals surface area contributed by atoms with Gasteiger partial charge in [0.2, 0.25) is 0 Å². The summed E-state index contributed by atoms with van der Waals surface area (Å²) in [6, 6.07) is 12.7. The second-order valence-electron chi connectivity index (χ2n) is 4.42. The summed E-state index contributed by atoms with van der Waals surface area (Å²) in [6.45, 7) is 2.85. The number of aromatic nitrogens is 1. The first-order valence-electron chi connectivity index (χ1n) is 5.97. The van der Waals surface area contributed by atoms with E-state index in [0.717, 1.165) is 6.42 Å². The average Bonchev–Trinajstić information content (AvgIpc) is 2.39. The van der Waals surface area contributed by atoms with Crippen molar-refractivity contribution in [3.8, 4) is 0 Å². The molecule has 0 aliphatic carbocycles. The first-order valence-corrected chi connectivity index (χ1v) is 5.97. The minimum atomic E-state index is 0.420.